The highest BCUT2D eigenvalue weighted by atomic mass is 16.7. The van der Waals surface area contributed by atoms with Gasteiger partial charge in [-0.25, -0.2) is 0 Å². The van der Waals surface area contributed by atoms with Crippen molar-refractivity contribution in [3.8, 4) is 0 Å². The van der Waals surface area contributed by atoms with Crippen molar-refractivity contribution >= 4 is 5.91 Å². The predicted molar refractivity (Wildman–Crippen MR) is 179 cm³/mol. The average Bonchev–Trinajstić information content (AvgIpc) is 3.62. The average molecular weight is 660 g/mol. The van der Waals surface area contributed by atoms with Crippen LogP contribution in [0.3, 0.4) is 0 Å². The molecule has 268 valence electrons. The maximum atomic E-state index is 12.8. The van der Waals surface area contributed by atoms with Crippen molar-refractivity contribution in [2.45, 2.75) is 163 Å². The van der Waals surface area contributed by atoms with Crippen LogP contribution in [0.25, 0.3) is 0 Å². The van der Waals surface area contributed by atoms with E-state index in [1.165, 1.54) is 12.8 Å². The molecule has 2 aliphatic heterocycles. The first-order valence-corrected chi connectivity index (χ1v) is 19.1. The molecule has 7 rings (SSSR count). The monoisotopic (exact) mass is 659 g/mol. The molecule has 7 aliphatic rings. The van der Waals surface area contributed by atoms with Gasteiger partial charge in [-0.3, -0.25) is 4.79 Å². The number of hydrogen-bond donors (Lipinski definition) is 3. The van der Waals surface area contributed by atoms with Crippen LogP contribution in [0, 0.1) is 56.7 Å². The second-order valence-corrected chi connectivity index (χ2v) is 19.5. The lowest BCUT2D eigenvalue weighted by atomic mass is 9.41. The summed E-state index contributed by atoms with van der Waals surface area (Å²) in [6.07, 6.45) is 6.64. The van der Waals surface area contributed by atoms with Gasteiger partial charge in [0.2, 0.25) is 5.91 Å². The molecule has 0 bridgehead atoms. The Morgan fingerprint density at radius 1 is 1.04 bits per heavy atom. The van der Waals surface area contributed by atoms with Gasteiger partial charge >= 0.3 is 0 Å². The van der Waals surface area contributed by atoms with Crippen LogP contribution in [0.1, 0.15) is 120 Å². The molecule has 5 saturated carbocycles. The molecular weight excluding hydrogens is 594 g/mol. The molecule has 47 heavy (non-hydrogen) atoms. The Hall–Kier alpha value is -0.770. The second-order valence-electron chi connectivity index (χ2n) is 19.5. The number of carbonyl (C=O) groups excluding carboxylic acids is 1. The summed E-state index contributed by atoms with van der Waals surface area (Å²) in [5.41, 5.74) is -1.04. The third-order valence-corrected chi connectivity index (χ3v) is 16.1. The molecule has 8 nitrogen and oxygen atoms in total. The van der Waals surface area contributed by atoms with Crippen LogP contribution in [0.4, 0.5) is 0 Å². The molecule has 2 heterocycles. The molecule has 7 fully saturated rings. The Labute approximate surface area is 283 Å². The van der Waals surface area contributed by atoms with Gasteiger partial charge in [0.1, 0.15) is 6.10 Å². The molecule has 0 aromatic heterocycles. The number of rotatable bonds is 6. The molecule has 2 saturated heterocycles. The van der Waals surface area contributed by atoms with Gasteiger partial charge in [-0.15, -0.1) is 0 Å². The van der Waals surface area contributed by atoms with Crippen molar-refractivity contribution in [3.63, 3.8) is 0 Å². The number of fused-ring (bicyclic) bond motifs is 4. The number of nitrogens with zero attached hydrogens (tertiary/aromatic N) is 1. The molecule has 4 unspecified atom stereocenters. The van der Waals surface area contributed by atoms with E-state index in [0.717, 1.165) is 32.1 Å². The zero-order valence-corrected chi connectivity index (χ0v) is 30.8. The van der Waals surface area contributed by atoms with E-state index in [1.54, 1.807) is 13.8 Å². The molecule has 1 amide bonds. The number of aliphatic hydroxyl groups excluding tert-OH is 2. The Balaban J connectivity index is 1.10. The van der Waals surface area contributed by atoms with Crippen molar-refractivity contribution in [1.29, 1.82) is 0 Å². The normalized spacial score (nSPS) is 50.9. The summed E-state index contributed by atoms with van der Waals surface area (Å²) in [4.78, 5) is 14.8. The predicted octanol–water partition coefficient (Wildman–Crippen LogP) is 5.55. The highest BCUT2D eigenvalue weighted by molar-refractivity contribution is 5.76. The van der Waals surface area contributed by atoms with E-state index in [0.29, 0.717) is 56.2 Å². The molecule has 3 N–H and O–H groups in total. The van der Waals surface area contributed by atoms with Crippen LogP contribution < -0.4 is 0 Å². The van der Waals surface area contributed by atoms with Crippen LogP contribution in [0.5, 0.6) is 0 Å². The minimum absolute atomic E-state index is 0.0116. The van der Waals surface area contributed by atoms with Gasteiger partial charge in [0, 0.05) is 18.4 Å². The Morgan fingerprint density at radius 3 is 2.40 bits per heavy atom. The maximum Gasteiger partial charge on any atom is 0.223 e. The van der Waals surface area contributed by atoms with Crippen molar-refractivity contribution in [3.05, 3.63) is 0 Å². The summed E-state index contributed by atoms with van der Waals surface area (Å²) >= 11 is 0. The molecule has 0 aromatic rings. The minimum Gasteiger partial charge on any atom is -0.390 e. The lowest BCUT2D eigenvalue weighted by Gasteiger charge is -2.64. The molecule has 14 atom stereocenters. The third-order valence-electron chi connectivity index (χ3n) is 16.1. The lowest BCUT2D eigenvalue weighted by Crippen LogP contribution is -2.60. The van der Waals surface area contributed by atoms with Crippen molar-refractivity contribution in [2.24, 2.45) is 56.7 Å². The standard InChI is InChI=1S/C39H65NO7/c1-22(2)18-28(41)40-16-17-45-29(20-40)47-27-12-13-38-21-39(38)15-14-36(8)30-23(3)19-24(32(42)35(6,7)44)46-31(30)33(43)37(36,9)26(39)11-10-25(38)34(27,4)5/h22-27,29-33,42-44H,10-21H2,1-9H3/t23-,24?,25+,26?,27+,29+,30+,31?,32+,33+,36-,37-,38-,39?/m1/s1. The van der Waals surface area contributed by atoms with Gasteiger partial charge in [0.25, 0.3) is 0 Å². The van der Waals surface area contributed by atoms with E-state index < -0.39 is 23.9 Å². The summed E-state index contributed by atoms with van der Waals surface area (Å²) in [5, 5.41) is 34.1. The largest absolute Gasteiger partial charge is 0.390 e. The van der Waals surface area contributed by atoms with Gasteiger partial charge in [-0.05, 0) is 116 Å². The van der Waals surface area contributed by atoms with Gasteiger partial charge in [-0.2, -0.15) is 0 Å². The van der Waals surface area contributed by atoms with Crippen LogP contribution in [-0.2, 0) is 19.0 Å². The molecular formula is C39H65NO7. The van der Waals surface area contributed by atoms with E-state index in [9.17, 15) is 20.1 Å². The molecule has 0 radical (unpaired) electrons. The van der Waals surface area contributed by atoms with Crippen molar-refractivity contribution in [2.75, 3.05) is 19.7 Å². The quantitative estimate of drug-likeness (QED) is 0.343. The number of aliphatic hydroxyl groups is 3. The van der Waals surface area contributed by atoms with Gasteiger partial charge in [0.15, 0.2) is 6.29 Å². The number of amides is 1. The fourth-order valence-electron chi connectivity index (χ4n) is 13.8. The summed E-state index contributed by atoms with van der Waals surface area (Å²) in [5.74, 6) is 2.07. The van der Waals surface area contributed by atoms with Crippen molar-refractivity contribution in [1.82, 2.24) is 4.90 Å². The summed E-state index contributed by atoms with van der Waals surface area (Å²) in [7, 11) is 0. The van der Waals surface area contributed by atoms with E-state index in [-0.39, 0.29) is 57.4 Å². The molecule has 5 aliphatic carbocycles. The topological polar surface area (TPSA) is 109 Å². The first-order valence-electron chi connectivity index (χ1n) is 19.1. The van der Waals surface area contributed by atoms with Crippen LogP contribution in [0.2, 0.25) is 0 Å². The van der Waals surface area contributed by atoms with E-state index in [4.69, 9.17) is 14.2 Å². The zero-order valence-electron chi connectivity index (χ0n) is 30.8. The summed E-state index contributed by atoms with van der Waals surface area (Å²) in [6, 6.07) is 0. The minimum atomic E-state index is -1.26. The Morgan fingerprint density at radius 2 is 1.72 bits per heavy atom. The van der Waals surface area contributed by atoms with E-state index in [2.05, 4.69) is 48.5 Å². The Kier molecular flexibility index (Phi) is 8.20. The van der Waals surface area contributed by atoms with Crippen molar-refractivity contribution < 1.29 is 34.3 Å². The van der Waals surface area contributed by atoms with E-state index >= 15 is 0 Å². The van der Waals surface area contributed by atoms with Gasteiger partial charge in [-0.1, -0.05) is 48.5 Å². The third kappa shape index (κ3) is 4.76. The maximum absolute atomic E-state index is 12.8. The van der Waals surface area contributed by atoms with Gasteiger partial charge in [0.05, 0.1) is 43.2 Å². The molecule has 8 heteroatoms. The zero-order chi connectivity index (χ0) is 34.1. The lowest BCUT2D eigenvalue weighted by molar-refractivity contribution is -0.248. The number of hydrogen-bond acceptors (Lipinski definition) is 7. The smallest absolute Gasteiger partial charge is 0.223 e. The van der Waals surface area contributed by atoms with Gasteiger partial charge < -0.3 is 34.4 Å². The highest BCUT2D eigenvalue weighted by Gasteiger charge is 2.84. The first-order chi connectivity index (χ1) is 21.8. The summed E-state index contributed by atoms with van der Waals surface area (Å²) in [6.45, 7) is 21.2. The summed E-state index contributed by atoms with van der Waals surface area (Å²) < 4.78 is 19.6. The molecule has 2 spiro atoms. The fraction of sp³-hybridized carbons (Fsp3) is 0.974. The number of morpholine rings is 1. The van der Waals surface area contributed by atoms with E-state index in [1.807, 2.05) is 4.90 Å². The fourth-order valence-corrected chi connectivity index (χ4v) is 13.8. The number of carbonyl (C=O) groups is 1. The Bertz CT molecular complexity index is 1230. The first kappa shape index (κ1) is 34.7. The number of ether oxygens (including phenoxy) is 3. The molecule has 0 aromatic carbocycles. The van der Waals surface area contributed by atoms with Crippen LogP contribution in [0.15, 0.2) is 0 Å². The SMILES string of the molecule is CC(C)CC(=O)N1CCO[C@@H](O[C@H]2CC[C@]34CC35CC[C@]3(C)[C@@H]6C(OC([C@H](O)C(C)(C)O)C[C@H]6C)[C@H](O)[C@@]3(C)C5CC[C@H]4C2(C)C)C1. The van der Waals surface area contributed by atoms with Crippen LogP contribution in [-0.4, -0.2) is 88.2 Å². The second kappa shape index (κ2) is 11.1. The van der Waals surface area contributed by atoms with Crippen LogP contribution >= 0.6 is 0 Å². The highest BCUT2D eigenvalue weighted by Crippen LogP contribution is 2.89.